The van der Waals surface area contributed by atoms with E-state index >= 15 is 0 Å². The monoisotopic (exact) mass is 304 g/mol. The molecule has 3 N–H and O–H groups in total. The number of carbonyl (C=O) groups is 1. The molecule has 0 heterocycles. The zero-order chi connectivity index (χ0) is 14.9. The molecule has 0 spiro atoms. The number of nitrogens with one attached hydrogen (secondary N) is 1. The predicted octanol–water partition coefficient (Wildman–Crippen LogP) is 3.09. The minimum Gasteiger partial charge on any atom is -0.399 e. The van der Waals surface area contributed by atoms with Crippen LogP contribution in [0.3, 0.4) is 0 Å². The van der Waals surface area contributed by atoms with Gasteiger partial charge in [-0.25, -0.2) is 0 Å². The average molecular weight is 304 g/mol. The first-order valence-electron chi connectivity index (χ1n) is 7.84. The van der Waals surface area contributed by atoms with Gasteiger partial charge in [0.15, 0.2) is 0 Å². The highest BCUT2D eigenvalue weighted by Crippen LogP contribution is 2.48. The molecule has 3 rings (SSSR count). The van der Waals surface area contributed by atoms with Crippen LogP contribution in [0.15, 0.2) is 24.3 Å². The normalized spacial score (nSPS) is 27.1. The Kier molecular flexibility index (Phi) is 4.16. The summed E-state index contributed by atoms with van der Waals surface area (Å²) in [6.07, 6.45) is 8.79. The summed E-state index contributed by atoms with van der Waals surface area (Å²) in [5, 5.41) is 4.08. The van der Waals surface area contributed by atoms with E-state index in [1.165, 1.54) is 12.8 Å². The number of rotatable bonds is 4. The summed E-state index contributed by atoms with van der Waals surface area (Å²) in [6, 6.07) is 8.17. The van der Waals surface area contributed by atoms with Gasteiger partial charge in [0.1, 0.15) is 0 Å². The number of benzene rings is 1. The number of thioether (sulfide) groups is 1. The van der Waals surface area contributed by atoms with Gasteiger partial charge in [-0.05, 0) is 62.5 Å². The van der Waals surface area contributed by atoms with Crippen LogP contribution in [0.5, 0.6) is 0 Å². The summed E-state index contributed by atoms with van der Waals surface area (Å²) in [5.41, 5.74) is 7.34. The molecule has 2 fully saturated rings. The van der Waals surface area contributed by atoms with Crippen molar-refractivity contribution in [2.24, 2.45) is 0 Å². The number of nitrogen functional groups attached to an aromatic ring is 1. The van der Waals surface area contributed by atoms with Crippen molar-refractivity contribution in [1.29, 1.82) is 0 Å². The zero-order valence-electron chi connectivity index (χ0n) is 12.6. The molecule has 2 saturated carbocycles. The molecule has 0 radical (unpaired) electrons. The molecule has 0 saturated heterocycles. The first-order valence-corrected chi connectivity index (χ1v) is 9.12. The van der Waals surface area contributed by atoms with E-state index in [1.54, 1.807) is 0 Å². The highest BCUT2D eigenvalue weighted by Gasteiger charge is 2.51. The van der Waals surface area contributed by atoms with E-state index in [9.17, 15) is 4.79 Å². The second-order valence-electron chi connectivity index (χ2n) is 6.39. The highest BCUT2D eigenvalue weighted by molar-refractivity contribution is 7.99. The van der Waals surface area contributed by atoms with E-state index in [0.717, 1.165) is 42.2 Å². The lowest BCUT2D eigenvalue weighted by molar-refractivity contribution is -0.124. The average Bonchev–Trinajstić information content (AvgIpc) is 3.30. The smallest absolute Gasteiger partial charge is 0.230 e. The van der Waals surface area contributed by atoms with Crippen LogP contribution < -0.4 is 11.1 Å². The third kappa shape index (κ3) is 3.05. The van der Waals surface area contributed by atoms with Crippen molar-refractivity contribution in [2.45, 2.75) is 55.2 Å². The third-order valence-electron chi connectivity index (χ3n) is 4.99. The van der Waals surface area contributed by atoms with Crippen molar-refractivity contribution in [3.8, 4) is 0 Å². The number of anilines is 1. The molecule has 0 unspecified atom stereocenters. The van der Waals surface area contributed by atoms with Gasteiger partial charge in [0.2, 0.25) is 5.91 Å². The van der Waals surface area contributed by atoms with Crippen molar-refractivity contribution < 1.29 is 4.79 Å². The van der Waals surface area contributed by atoms with Gasteiger partial charge in [-0.15, -0.1) is 0 Å². The van der Waals surface area contributed by atoms with E-state index in [1.807, 2.05) is 36.0 Å². The predicted molar refractivity (Wildman–Crippen MR) is 89.5 cm³/mol. The van der Waals surface area contributed by atoms with Gasteiger partial charge in [-0.3, -0.25) is 4.79 Å². The lowest BCUT2D eigenvalue weighted by Gasteiger charge is -2.29. The molecule has 2 aliphatic carbocycles. The Morgan fingerprint density at radius 2 is 1.81 bits per heavy atom. The lowest BCUT2D eigenvalue weighted by Crippen LogP contribution is -2.43. The fourth-order valence-electron chi connectivity index (χ4n) is 3.34. The molecule has 4 heteroatoms. The molecular weight excluding hydrogens is 280 g/mol. The van der Waals surface area contributed by atoms with Crippen LogP contribution in [0, 0.1) is 0 Å². The van der Waals surface area contributed by atoms with E-state index in [0.29, 0.717) is 6.04 Å². The van der Waals surface area contributed by atoms with Gasteiger partial charge in [0.25, 0.3) is 0 Å². The molecule has 2 aliphatic rings. The van der Waals surface area contributed by atoms with Gasteiger partial charge in [-0.2, -0.15) is 11.8 Å². The number of hydrogen-bond acceptors (Lipinski definition) is 3. The molecule has 0 atom stereocenters. The Balaban J connectivity index is 1.62. The first-order chi connectivity index (χ1) is 10.1. The van der Waals surface area contributed by atoms with E-state index in [-0.39, 0.29) is 11.3 Å². The molecule has 1 aromatic rings. The van der Waals surface area contributed by atoms with Crippen LogP contribution in [0.2, 0.25) is 0 Å². The van der Waals surface area contributed by atoms with Gasteiger partial charge < -0.3 is 11.1 Å². The maximum atomic E-state index is 12.7. The maximum absolute atomic E-state index is 12.7. The van der Waals surface area contributed by atoms with Crippen LogP contribution in [0.4, 0.5) is 5.69 Å². The zero-order valence-corrected chi connectivity index (χ0v) is 13.4. The van der Waals surface area contributed by atoms with E-state index in [2.05, 4.69) is 11.6 Å². The second-order valence-corrected chi connectivity index (χ2v) is 7.52. The van der Waals surface area contributed by atoms with Crippen molar-refractivity contribution in [2.75, 3.05) is 12.0 Å². The van der Waals surface area contributed by atoms with Crippen LogP contribution in [0.1, 0.15) is 44.1 Å². The summed E-state index contributed by atoms with van der Waals surface area (Å²) in [6.45, 7) is 0. The molecule has 3 nitrogen and oxygen atoms in total. The number of nitrogens with two attached hydrogens (primary N) is 1. The molecule has 1 aromatic carbocycles. The standard InChI is InChI=1S/C17H24N2OS/c1-21-15-8-6-14(7-9-15)19-16(20)17(10-11-17)12-2-4-13(18)5-3-12/h2-5,14-15H,6-11,18H2,1H3,(H,19,20). The van der Waals surface area contributed by atoms with Gasteiger partial charge >= 0.3 is 0 Å². The van der Waals surface area contributed by atoms with E-state index < -0.39 is 0 Å². The van der Waals surface area contributed by atoms with E-state index in [4.69, 9.17) is 5.73 Å². The van der Waals surface area contributed by atoms with Crippen LogP contribution >= 0.6 is 11.8 Å². The summed E-state index contributed by atoms with van der Waals surface area (Å²) in [7, 11) is 0. The number of hydrogen-bond donors (Lipinski definition) is 2. The summed E-state index contributed by atoms with van der Waals surface area (Å²) in [5.74, 6) is 0.222. The minimum atomic E-state index is -0.274. The Morgan fingerprint density at radius 3 is 2.33 bits per heavy atom. The van der Waals surface area contributed by atoms with Gasteiger partial charge in [0, 0.05) is 17.0 Å². The molecule has 21 heavy (non-hydrogen) atoms. The lowest BCUT2D eigenvalue weighted by atomic mass is 9.91. The first kappa shape index (κ1) is 14.8. The molecule has 114 valence electrons. The number of carbonyl (C=O) groups excluding carboxylic acids is 1. The quantitative estimate of drug-likeness (QED) is 0.841. The van der Waals surface area contributed by atoms with Gasteiger partial charge in [-0.1, -0.05) is 12.1 Å². The second kappa shape index (κ2) is 5.91. The third-order valence-corrected chi connectivity index (χ3v) is 6.13. The highest BCUT2D eigenvalue weighted by atomic mass is 32.2. The Bertz CT molecular complexity index is 502. The summed E-state index contributed by atoms with van der Waals surface area (Å²) in [4.78, 5) is 12.7. The van der Waals surface area contributed by atoms with Crippen LogP contribution in [0.25, 0.3) is 0 Å². The van der Waals surface area contributed by atoms with Crippen LogP contribution in [-0.2, 0) is 10.2 Å². The molecular formula is C17H24N2OS. The molecule has 0 aromatic heterocycles. The maximum Gasteiger partial charge on any atom is 0.230 e. The Labute approximate surface area is 131 Å². The molecule has 0 aliphatic heterocycles. The Hall–Kier alpha value is -1.16. The fourth-order valence-corrected chi connectivity index (χ4v) is 4.08. The summed E-state index contributed by atoms with van der Waals surface area (Å²) < 4.78 is 0. The Morgan fingerprint density at radius 1 is 1.19 bits per heavy atom. The molecule has 1 amide bonds. The SMILES string of the molecule is CSC1CCC(NC(=O)C2(c3ccc(N)cc3)CC2)CC1. The topological polar surface area (TPSA) is 55.1 Å². The van der Waals surface area contributed by atoms with Gasteiger partial charge in [0.05, 0.1) is 5.41 Å². The van der Waals surface area contributed by atoms with Crippen molar-refractivity contribution in [3.63, 3.8) is 0 Å². The minimum absolute atomic E-state index is 0.222. The van der Waals surface area contributed by atoms with Crippen molar-refractivity contribution in [3.05, 3.63) is 29.8 Å². The largest absolute Gasteiger partial charge is 0.399 e. The van der Waals surface area contributed by atoms with Crippen LogP contribution in [-0.4, -0.2) is 23.5 Å². The van der Waals surface area contributed by atoms with Crippen molar-refractivity contribution in [1.82, 2.24) is 5.32 Å². The number of amides is 1. The summed E-state index contributed by atoms with van der Waals surface area (Å²) >= 11 is 1.96. The van der Waals surface area contributed by atoms with Crippen molar-refractivity contribution >= 4 is 23.4 Å². The fraction of sp³-hybridized carbons (Fsp3) is 0.588. The molecule has 0 bridgehead atoms.